The van der Waals surface area contributed by atoms with Gasteiger partial charge in [-0.2, -0.15) is 4.37 Å². The number of aryl methyl sites for hydroxylation is 1. The summed E-state index contributed by atoms with van der Waals surface area (Å²) in [6.45, 7) is 1.80. The van der Waals surface area contributed by atoms with Gasteiger partial charge in [0.1, 0.15) is 10.8 Å². The highest BCUT2D eigenvalue weighted by molar-refractivity contribution is 7.11. The molecule has 0 amide bonds. The van der Waals surface area contributed by atoms with Gasteiger partial charge in [0.15, 0.2) is 0 Å². The van der Waals surface area contributed by atoms with Crippen LogP contribution in [-0.2, 0) is 6.54 Å². The summed E-state index contributed by atoms with van der Waals surface area (Å²) in [7, 11) is 0. The quantitative estimate of drug-likeness (QED) is 0.683. The van der Waals surface area contributed by atoms with Crippen LogP contribution in [0, 0.1) is 0 Å². The summed E-state index contributed by atoms with van der Waals surface area (Å²) < 4.78 is 6.30. The van der Waals surface area contributed by atoms with E-state index in [-0.39, 0.29) is 0 Å². The van der Waals surface area contributed by atoms with Gasteiger partial charge in [-0.15, -0.1) is 0 Å². The molecule has 0 atom stereocenters. The van der Waals surface area contributed by atoms with E-state index in [2.05, 4.69) is 24.2 Å². The first kappa shape index (κ1) is 13.6. The summed E-state index contributed by atoms with van der Waals surface area (Å²) in [5.41, 5.74) is 7.98. The molecule has 3 rings (SSSR count). The van der Waals surface area contributed by atoms with Crippen molar-refractivity contribution < 1.29 is 0 Å². The van der Waals surface area contributed by atoms with Gasteiger partial charge in [0, 0.05) is 37.9 Å². The van der Waals surface area contributed by atoms with Gasteiger partial charge >= 0.3 is 0 Å². The Labute approximate surface area is 126 Å². The van der Waals surface area contributed by atoms with Crippen molar-refractivity contribution in [3.8, 4) is 11.1 Å². The second-order valence-corrected chi connectivity index (χ2v) is 5.36. The number of hydrogen-bond acceptors (Lipinski definition) is 6. The highest BCUT2D eigenvalue weighted by Gasteiger charge is 2.12. The Morgan fingerprint density at radius 2 is 2.05 bits per heavy atom. The normalized spacial score (nSPS) is 10.7. The van der Waals surface area contributed by atoms with Crippen LogP contribution in [0.3, 0.4) is 0 Å². The average Bonchev–Trinajstić information content (AvgIpc) is 3.14. The number of aromatic nitrogens is 4. The molecule has 21 heavy (non-hydrogen) atoms. The van der Waals surface area contributed by atoms with Gasteiger partial charge in [-0.1, -0.05) is 0 Å². The Bertz CT molecular complexity index is 677. The van der Waals surface area contributed by atoms with Crippen LogP contribution < -0.4 is 11.1 Å². The van der Waals surface area contributed by atoms with E-state index in [1.165, 1.54) is 11.5 Å². The molecular formula is C14H16N6S. The molecule has 0 fully saturated rings. The Morgan fingerprint density at radius 1 is 1.19 bits per heavy atom. The lowest BCUT2D eigenvalue weighted by Gasteiger charge is -2.07. The molecule has 0 spiro atoms. The van der Waals surface area contributed by atoms with Crippen LogP contribution in [0.2, 0.25) is 0 Å². The fourth-order valence-electron chi connectivity index (χ4n) is 2.10. The second-order valence-electron chi connectivity index (χ2n) is 4.59. The van der Waals surface area contributed by atoms with Gasteiger partial charge in [0.2, 0.25) is 0 Å². The number of pyridine rings is 1. The van der Waals surface area contributed by atoms with E-state index in [0.717, 1.165) is 35.6 Å². The fourth-order valence-corrected chi connectivity index (χ4v) is 2.86. The number of nitrogens with zero attached hydrogens (tertiary/aromatic N) is 4. The standard InChI is InChI=1S/C14H16N6S/c15-13-12(11-2-5-16-6-3-11)14(21-19-13)18-4-1-8-20-9-7-17-10-20/h2-3,5-7,9-10,18H,1,4,8H2,(H2,15,19). The number of rotatable bonds is 6. The molecule has 0 aliphatic rings. The first-order valence-electron chi connectivity index (χ1n) is 6.70. The molecule has 0 aromatic carbocycles. The predicted molar refractivity (Wildman–Crippen MR) is 85.1 cm³/mol. The number of anilines is 2. The average molecular weight is 300 g/mol. The van der Waals surface area contributed by atoms with E-state index in [9.17, 15) is 0 Å². The minimum Gasteiger partial charge on any atom is -0.382 e. The fraction of sp³-hybridized carbons (Fsp3) is 0.214. The maximum atomic E-state index is 5.98. The molecule has 7 heteroatoms. The van der Waals surface area contributed by atoms with Gasteiger partial charge < -0.3 is 15.6 Å². The molecular weight excluding hydrogens is 284 g/mol. The summed E-state index contributed by atoms with van der Waals surface area (Å²) >= 11 is 1.39. The minimum absolute atomic E-state index is 0.559. The van der Waals surface area contributed by atoms with E-state index in [4.69, 9.17) is 5.73 Å². The molecule has 0 saturated carbocycles. The van der Waals surface area contributed by atoms with Crippen molar-refractivity contribution in [2.45, 2.75) is 13.0 Å². The Morgan fingerprint density at radius 3 is 2.81 bits per heavy atom. The molecule has 0 aliphatic heterocycles. The van der Waals surface area contributed by atoms with Crippen molar-refractivity contribution in [2.75, 3.05) is 17.6 Å². The number of nitrogen functional groups attached to an aromatic ring is 1. The molecule has 6 nitrogen and oxygen atoms in total. The molecule has 3 aromatic heterocycles. The Balaban J connectivity index is 1.64. The minimum atomic E-state index is 0.559. The molecule has 3 N–H and O–H groups in total. The van der Waals surface area contributed by atoms with Crippen molar-refractivity contribution in [2.24, 2.45) is 0 Å². The largest absolute Gasteiger partial charge is 0.382 e. The molecule has 3 heterocycles. The second kappa shape index (κ2) is 6.36. The third-order valence-corrected chi connectivity index (χ3v) is 3.94. The summed E-state index contributed by atoms with van der Waals surface area (Å²) in [6.07, 6.45) is 10.1. The summed E-state index contributed by atoms with van der Waals surface area (Å²) in [4.78, 5) is 8.06. The molecule has 0 unspecified atom stereocenters. The third kappa shape index (κ3) is 3.19. The maximum Gasteiger partial charge on any atom is 0.147 e. The maximum absolute atomic E-state index is 5.98. The third-order valence-electron chi connectivity index (χ3n) is 3.13. The number of nitrogens with one attached hydrogen (secondary N) is 1. The van der Waals surface area contributed by atoms with Crippen LogP contribution in [0.4, 0.5) is 10.8 Å². The SMILES string of the molecule is Nc1nsc(NCCCn2ccnc2)c1-c1ccncc1. The van der Waals surface area contributed by atoms with Crippen LogP contribution in [0.5, 0.6) is 0 Å². The first-order chi connectivity index (χ1) is 10.3. The lowest BCUT2D eigenvalue weighted by atomic mass is 10.1. The van der Waals surface area contributed by atoms with Crippen molar-refractivity contribution in [3.05, 3.63) is 43.2 Å². The lowest BCUT2D eigenvalue weighted by molar-refractivity contribution is 0.661. The molecule has 0 radical (unpaired) electrons. The zero-order chi connectivity index (χ0) is 14.5. The van der Waals surface area contributed by atoms with Crippen LogP contribution >= 0.6 is 11.5 Å². The van der Waals surface area contributed by atoms with Crippen LogP contribution in [0.25, 0.3) is 11.1 Å². The van der Waals surface area contributed by atoms with Crippen molar-refractivity contribution in [3.63, 3.8) is 0 Å². The Kier molecular flexibility index (Phi) is 4.11. The van der Waals surface area contributed by atoms with E-state index >= 15 is 0 Å². The van der Waals surface area contributed by atoms with E-state index in [0.29, 0.717) is 5.82 Å². The van der Waals surface area contributed by atoms with Crippen molar-refractivity contribution in [1.82, 2.24) is 18.9 Å². The van der Waals surface area contributed by atoms with Crippen LogP contribution in [0.15, 0.2) is 43.2 Å². The number of imidazole rings is 1. The smallest absolute Gasteiger partial charge is 0.147 e. The molecule has 0 aliphatic carbocycles. The summed E-state index contributed by atoms with van der Waals surface area (Å²) in [6, 6.07) is 3.88. The van der Waals surface area contributed by atoms with E-state index in [1.807, 2.05) is 24.7 Å². The number of nitrogens with two attached hydrogens (primary N) is 1. The molecule has 3 aromatic rings. The Hall–Kier alpha value is -2.41. The molecule has 0 saturated heterocycles. The van der Waals surface area contributed by atoms with Gasteiger partial charge in [-0.05, 0) is 35.6 Å². The monoisotopic (exact) mass is 300 g/mol. The highest BCUT2D eigenvalue weighted by atomic mass is 32.1. The molecule has 108 valence electrons. The van der Waals surface area contributed by atoms with Crippen molar-refractivity contribution >= 4 is 22.4 Å². The van der Waals surface area contributed by atoms with Gasteiger partial charge in [0.05, 0.1) is 11.9 Å². The van der Waals surface area contributed by atoms with E-state index < -0.39 is 0 Å². The number of hydrogen-bond donors (Lipinski definition) is 2. The van der Waals surface area contributed by atoms with Gasteiger partial charge in [-0.25, -0.2) is 4.98 Å². The predicted octanol–water partition coefficient (Wildman–Crippen LogP) is 2.49. The van der Waals surface area contributed by atoms with Crippen LogP contribution in [-0.4, -0.2) is 25.5 Å². The lowest BCUT2D eigenvalue weighted by Crippen LogP contribution is -2.05. The highest BCUT2D eigenvalue weighted by Crippen LogP contribution is 2.36. The topological polar surface area (TPSA) is 81.6 Å². The van der Waals surface area contributed by atoms with Crippen LogP contribution in [0.1, 0.15) is 6.42 Å². The zero-order valence-electron chi connectivity index (χ0n) is 11.4. The van der Waals surface area contributed by atoms with Gasteiger partial charge in [0.25, 0.3) is 0 Å². The zero-order valence-corrected chi connectivity index (χ0v) is 12.3. The first-order valence-corrected chi connectivity index (χ1v) is 7.47. The summed E-state index contributed by atoms with van der Waals surface area (Å²) in [5.74, 6) is 0.559. The van der Waals surface area contributed by atoms with Crippen molar-refractivity contribution in [1.29, 1.82) is 0 Å². The summed E-state index contributed by atoms with van der Waals surface area (Å²) in [5, 5.41) is 4.42. The van der Waals surface area contributed by atoms with Gasteiger partial charge in [-0.3, -0.25) is 4.98 Å². The molecule has 0 bridgehead atoms. The van der Waals surface area contributed by atoms with E-state index in [1.54, 1.807) is 18.6 Å².